The van der Waals surface area contributed by atoms with Crippen molar-refractivity contribution in [3.05, 3.63) is 75.4 Å². The van der Waals surface area contributed by atoms with Crippen LogP contribution in [0.4, 0.5) is 11.5 Å². The minimum absolute atomic E-state index is 0.0182. The first-order chi connectivity index (χ1) is 17.3. The van der Waals surface area contributed by atoms with E-state index < -0.39 is 11.2 Å². The number of nitrogen functional groups attached to an aromatic ring is 1. The van der Waals surface area contributed by atoms with Gasteiger partial charge < -0.3 is 15.4 Å². The van der Waals surface area contributed by atoms with Crippen LogP contribution in [-0.4, -0.2) is 28.6 Å². The molecule has 3 N–H and O–H groups in total. The van der Waals surface area contributed by atoms with E-state index in [0.29, 0.717) is 31.2 Å². The molecule has 0 aliphatic rings. The molecule has 0 radical (unpaired) electrons. The van der Waals surface area contributed by atoms with Crippen molar-refractivity contribution < 1.29 is 9.53 Å². The standard InChI is InChI=1S/C28H36N4O4/c1-4-5-17-32-26(29)25(27(34)30-28(32)35)31(18-15-20(2)3)24(33)16-19-36-23-14-10-9-13-22(23)21-11-7-6-8-12-21/h6-14,20H,4-5,15-19,29H2,1-3H3,(H,30,34,35). The number of para-hydroxylation sites is 1. The van der Waals surface area contributed by atoms with E-state index in [1.54, 1.807) is 0 Å². The Morgan fingerprint density at radius 1 is 1.08 bits per heavy atom. The van der Waals surface area contributed by atoms with E-state index in [1.165, 1.54) is 9.47 Å². The number of rotatable bonds is 12. The average Bonchev–Trinajstić information content (AvgIpc) is 2.86. The lowest BCUT2D eigenvalue weighted by atomic mass is 10.1. The van der Waals surface area contributed by atoms with Crippen molar-refractivity contribution in [1.82, 2.24) is 9.55 Å². The number of ether oxygens (including phenoxy) is 1. The normalized spacial score (nSPS) is 11.0. The van der Waals surface area contributed by atoms with Crippen LogP contribution in [0.2, 0.25) is 0 Å². The van der Waals surface area contributed by atoms with Crippen molar-refractivity contribution in [2.24, 2.45) is 5.92 Å². The van der Waals surface area contributed by atoms with Gasteiger partial charge in [0.2, 0.25) is 5.91 Å². The first-order valence-corrected chi connectivity index (χ1v) is 12.5. The summed E-state index contributed by atoms with van der Waals surface area (Å²) in [7, 11) is 0. The first kappa shape index (κ1) is 26.8. The molecule has 0 atom stereocenters. The highest BCUT2D eigenvalue weighted by Crippen LogP contribution is 2.29. The zero-order valence-corrected chi connectivity index (χ0v) is 21.3. The van der Waals surface area contributed by atoms with Gasteiger partial charge in [0.1, 0.15) is 11.6 Å². The number of benzene rings is 2. The number of hydrogen-bond acceptors (Lipinski definition) is 5. The van der Waals surface area contributed by atoms with Crippen LogP contribution in [0.3, 0.4) is 0 Å². The summed E-state index contributed by atoms with van der Waals surface area (Å²) in [4.78, 5) is 42.3. The van der Waals surface area contributed by atoms with E-state index in [9.17, 15) is 14.4 Å². The number of aromatic amines is 1. The molecule has 0 spiro atoms. The second-order valence-electron chi connectivity index (χ2n) is 9.19. The van der Waals surface area contributed by atoms with Crippen LogP contribution in [0.1, 0.15) is 46.5 Å². The molecule has 1 heterocycles. The molecule has 0 saturated heterocycles. The third kappa shape index (κ3) is 6.65. The zero-order chi connectivity index (χ0) is 26.1. The molecular formula is C28H36N4O4. The van der Waals surface area contributed by atoms with Gasteiger partial charge in [-0.25, -0.2) is 4.79 Å². The SMILES string of the molecule is CCCCn1c(N)c(N(CCC(C)C)C(=O)CCOc2ccccc2-c2ccccc2)c(=O)[nH]c1=O. The van der Waals surface area contributed by atoms with Crippen LogP contribution in [0, 0.1) is 5.92 Å². The van der Waals surface area contributed by atoms with Gasteiger partial charge in [0.25, 0.3) is 5.56 Å². The highest BCUT2D eigenvalue weighted by Gasteiger charge is 2.24. The summed E-state index contributed by atoms with van der Waals surface area (Å²) < 4.78 is 7.35. The fraction of sp³-hybridized carbons (Fsp3) is 0.393. The molecule has 192 valence electrons. The molecule has 0 unspecified atom stereocenters. The quantitative estimate of drug-likeness (QED) is 0.389. The largest absolute Gasteiger partial charge is 0.492 e. The maximum absolute atomic E-state index is 13.4. The van der Waals surface area contributed by atoms with Gasteiger partial charge in [-0.15, -0.1) is 0 Å². The Balaban J connectivity index is 1.83. The van der Waals surface area contributed by atoms with Gasteiger partial charge in [-0.3, -0.25) is 19.1 Å². The highest BCUT2D eigenvalue weighted by molar-refractivity contribution is 5.95. The molecule has 1 amide bonds. The maximum atomic E-state index is 13.4. The molecular weight excluding hydrogens is 456 g/mol. The van der Waals surface area contributed by atoms with Crippen molar-refractivity contribution in [2.75, 3.05) is 23.8 Å². The molecule has 2 aromatic carbocycles. The Bertz CT molecular complexity index is 1260. The molecule has 0 aliphatic carbocycles. The second-order valence-corrected chi connectivity index (χ2v) is 9.19. The number of nitrogens with zero attached hydrogens (tertiary/aromatic N) is 2. The van der Waals surface area contributed by atoms with Crippen molar-refractivity contribution in [2.45, 2.75) is 53.0 Å². The number of anilines is 2. The Morgan fingerprint density at radius 2 is 1.78 bits per heavy atom. The predicted octanol–water partition coefficient (Wildman–Crippen LogP) is 4.43. The molecule has 8 nitrogen and oxygen atoms in total. The molecule has 8 heteroatoms. The highest BCUT2D eigenvalue weighted by atomic mass is 16.5. The van der Waals surface area contributed by atoms with Gasteiger partial charge in [0.05, 0.1) is 13.0 Å². The van der Waals surface area contributed by atoms with Gasteiger partial charge in [-0.1, -0.05) is 75.7 Å². The predicted molar refractivity (Wildman–Crippen MR) is 144 cm³/mol. The number of unbranched alkanes of at least 4 members (excludes halogenated alkanes) is 1. The summed E-state index contributed by atoms with van der Waals surface area (Å²) in [6, 6.07) is 17.6. The maximum Gasteiger partial charge on any atom is 0.330 e. The lowest BCUT2D eigenvalue weighted by molar-refractivity contribution is -0.119. The van der Waals surface area contributed by atoms with Crippen molar-refractivity contribution in [1.29, 1.82) is 0 Å². The minimum Gasteiger partial charge on any atom is -0.492 e. The molecule has 0 saturated carbocycles. The van der Waals surface area contributed by atoms with Crippen LogP contribution >= 0.6 is 0 Å². The number of nitrogens with one attached hydrogen (secondary N) is 1. The molecule has 0 aliphatic heterocycles. The minimum atomic E-state index is -0.655. The van der Waals surface area contributed by atoms with Gasteiger partial charge in [-0.05, 0) is 30.4 Å². The summed E-state index contributed by atoms with van der Waals surface area (Å²) in [6.45, 7) is 6.91. The number of amides is 1. The van der Waals surface area contributed by atoms with E-state index in [-0.39, 0.29) is 30.4 Å². The summed E-state index contributed by atoms with van der Waals surface area (Å²) in [5.74, 6) is 0.715. The molecule has 0 fully saturated rings. The molecule has 3 rings (SSSR count). The lowest BCUT2D eigenvalue weighted by Crippen LogP contribution is -2.42. The first-order valence-electron chi connectivity index (χ1n) is 12.5. The van der Waals surface area contributed by atoms with Crippen LogP contribution in [-0.2, 0) is 11.3 Å². The average molecular weight is 493 g/mol. The summed E-state index contributed by atoms with van der Waals surface area (Å²) in [6.07, 6.45) is 2.31. The van der Waals surface area contributed by atoms with E-state index in [0.717, 1.165) is 24.0 Å². The second kappa shape index (κ2) is 12.8. The van der Waals surface area contributed by atoms with Gasteiger partial charge in [-0.2, -0.15) is 0 Å². The van der Waals surface area contributed by atoms with Crippen molar-refractivity contribution in [3.63, 3.8) is 0 Å². The van der Waals surface area contributed by atoms with Gasteiger partial charge in [0.15, 0.2) is 5.69 Å². The Kier molecular flexibility index (Phi) is 9.50. The fourth-order valence-electron chi connectivity index (χ4n) is 3.96. The van der Waals surface area contributed by atoms with Crippen LogP contribution in [0.5, 0.6) is 5.75 Å². The zero-order valence-electron chi connectivity index (χ0n) is 21.3. The third-order valence-corrected chi connectivity index (χ3v) is 6.00. The third-order valence-electron chi connectivity index (χ3n) is 6.00. The lowest BCUT2D eigenvalue weighted by Gasteiger charge is -2.25. The number of carbonyl (C=O) groups excluding carboxylic acids is 1. The Labute approximate surface area is 211 Å². The van der Waals surface area contributed by atoms with E-state index in [1.807, 2.05) is 75.4 Å². The number of H-pyrrole nitrogens is 1. The van der Waals surface area contributed by atoms with Gasteiger partial charge >= 0.3 is 5.69 Å². The number of nitrogens with two attached hydrogens (primary N) is 1. The van der Waals surface area contributed by atoms with E-state index >= 15 is 0 Å². The number of hydrogen-bond donors (Lipinski definition) is 2. The van der Waals surface area contributed by atoms with E-state index in [4.69, 9.17) is 10.5 Å². The molecule has 1 aromatic heterocycles. The fourth-order valence-corrected chi connectivity index (χ4v) is 3.96. The van der Waals surface area contributed by atoms with Crippen molar-refractivity contribution in [3.8, 4) is 16.9 Å². The van der Waals surface area contributed by atoms with Crippen LogP contribution < -0.4 is 26.6 Å². The topological polar surface area (TPSA) is 110 Å². The number of aromatic nitrogens is 2. The van der Waals surface area contributed by atoms with Crippen molar-refractivity contribution >= 4 is 17.4 Å². The summed E-state index contributed by atoms with van der Waals surface area (Å²) >= 11 is 0. The van der Waals surface area contributed by atoms with Crippen LogP contribution in [0.25, 0.3) is 11.1 Å². The number of carbonyl (C=O) groups is 1. The molecule has 36 heavy (non-hydrogen) atoms. The molecule has 3 aromatic rings. The summed E-state index contributed by atoms with van der Waals surface area (Å²) in [5, 5.41) is 0. The van der Waals surface area contributed by atoms with Crippen LogP contribution in [0.15, 0.2) is 64.2 Å². The van der Waals surface area contributed by atoms with E-state index in [2.05, 4.69) is 4.98 Å². The smallest absolute Gasteiger partial charge is 0.330 e. The Morgan fingerprint density at radius 3 is 2.47 bits per heavy atom. The monoisotopic (exact) mass is 492 g/mol. The Hall–Kier alpha value is -3.81. The molecule has 0 bridgehead atoms. The van der Waals surface area contributed by atoms with Gasteiger partial charge in [0, 0.05) is 18.7 Å². The summed E-state index contributed by atoms with van der Waals surface area (Å²) in [5.41, 5.74) is 7.06.